The first kappa shape index (κ1) is 19.5. The van der Waals surface area contributed by atoms with Gasteiger partial charge in [0.1, 0.15) is 11.9 Å². The summed E-state index contributed by atoms with van der Waals surface area (Å²) in [5, 5.41) is 1.13. The maximum Gasteiger partial charge on any atom is 0.175 e. The van der Waals surface area contributed by atoms with Crippen molar-refractivity contribution in [1.82, 2.24) is 0 Å². The molecule has 1 aliphatic carbocycles. The molecule has 0 amide bonds. The van der Waals surface area contributed by atoms with Crippen LogP contribution in [-0.4, -0.2) is 27.9 Å². The highest BCUT2D eigenvalue weighted by molar-refractivity contribution is 7.90. The van der Waals surface area contributed by atoms with E-state index in [0.717, 1.165) is 11.1 Å². The first-order valence-electron chi connectivity index (χ1n) is 8.01. The van der Waals surface area contributed by atoms with E-state index in [2.05, 4.69) is 6.92 Å². The van der Waals surface area contributed by atoms with Crippen molar-refractivity contribution in [2.75, 3.05) is 13.4 Å². The Morgan fingerprint density at radius 2 is 1.85 bits per heavy atom. The lowest BCUT2D eigenvalue weighted by molar-refractivity contribution is 0.0295. The number of methoxy groups -OCH3 is 1. The van der Waals surface area contributed by atoms with E-state index in [1.54, 1.807) is 25.3 Å². The number of rotatable bonds is 5. The van der Waals surface area contributed by atoms with Gasteiger partial charge in [0, 0.05) is 29.3 Å². The Hall–Kier alpha value is -1.27. The molecule has 2 aromatic rings. The van der Waals surface area contributed by atoms with Crippen molar-refractivity contribution in [1.29, 1.82) is 0 Å². The molecule has 0 aromatic heterocycles. The Bertz CT molecular complexity index is 910. The third-order valence-corrected chi connectivity index (χ3v) is 6.31. The number of sulfone groups is 1. The van der Waals surface area contributed by atoms with Crippen molar-refractivity contribution in [3.63, 3.8) is 0 Å². The maximum absolute atomic E-state index is 11.6. The van der Waals surface area contributed by atoms with Gasteiger partial charge in [-0.25, -0.2) is 8.42 Å². The van der Waals surface area contributed by atoms with E-state index in [1.807, 2.05) is 6.07 Å². The zero-order valence-corrected chi connectivity index (χ0v) is 16.7. The lowest BCUT2D eigenvalue weighted by atomic mass is 9.97. The predicted molar refractivity (Wildman–Crippen MR) is 103 cm³/mol. The van der Waals surface area contributed by atoms with Crippen molar-refractivity contribution >= 4 is 33.0 Å². The van der Waals surface area contributed by atoms with Crippen LogP contribution in [0.5, 0.6) is 5.75 Å². The Balaban J connectivity index is 1.96. The quantitative estimate of drug-likeness (QED) is 0.721. The van der Waals surface area contributed by atoms with Crippen LogP contribution in [0.15, 0.2) is 41.3 Å². The smallest absolute Gasteiger partial charge is 0.175 e. The molecule has 0 fully saturated rings. The zero-order chi connectivity index (χ0) is 19.1. The van der Waals surface area contributed by atoms with Crippen LogP contribution >= 0.6 is 23.2 Å². The minimum absolute atomic E-state index is 0.0412. The van der Waals surface area contributed by atoms with Crippen molar-refractivity contribution in [2.45, 2.75) is 23.5 Å². The fourth-order valence-electron chi connectivity index (χ4n) is 3.23. The number of hydrogen-bond acceptors (Lipinski definition) is 4. The molecule has 0 heterocycles. The second-order valence-corrected chi connectivity index (χ2v) is 9.24. The van der Waals surface area contributed by atoms with E-state index in [4.69, 9.17) is 32.7 Å². The number of halogens is 2. The highest BCUT2D eigenvalue weighted by Gasteiger charge is 2.39. The molecule has 0 spiro atoms. The fraction of sp³-hybridized carbons (Fsp3) is 0.316. The Kier molecular flexibility index (Phi) is 5.54. The molecule has 26 heavy (non-hydrogen) atoms. The average Bonchev–Trinajstić information content (AvgIpc) is 2.93. The first-order chi connectivity index (χ1) is 12.2. The summed E-state index contributed by atoms with van der Waals surface area (Å²) < 4.78 is 34.8. The molecule has 0 saturated heterocycles. The van der Waals surface area contributed by atoms with Gasteiger partial charge in [0.15, 0.2) is 9.84 Å². The van der Waals surface area contributed by atoms with E-state index >= 15 is 0 Å². The third kappa shape index (κ3) is 3.86. The maximum atomic E-state index is 11.6. The second-order valence-electron chi connectivity index (χ2n) is 6.38. The fourth-order valence-corrected chi connectivity index (χ4v) is 4.45. The van der Waals surface area contributed by atoms with Crippen molar-refractivity contribution < 1.29 is 17.9 Å². The Morgan fingerprint density at radius 3 is 2.42 bits per heavy atom. The molecule has 3 atom stereocenters. The van der Waals surface area contributed by atoms with Crippen LogP contribution in [-0.2, 0) is 21.0 Å². The van der Waals surface area contributed by atoms with E-state index in [0.29, 0.717) is 22.2 Å². The summed E-state index contributed by atoms with van der Waals surface area (Å²) in [4.78, 5) is 0.242. The van der Waals surface area contributed by atoms with Crippen LogP contribution in [0.1, 0.15) is 17.2 Å². The van der Waals surface area contributed by atoms with Gasteiger partial charge < -0.3 is 9.47 Å². The number of fused-ring (bicyclic) bond motifs is 1. The van der Waals surface area contributed by atoms with Gasteiger partial charge in [0.05, 0.1) is 11.0 Å². The van der Waals surface area contributed by atoms with E-state index < -0.39 is 9.84 Å². The summed E-state index contributed by atoms with van der Waals surface area (Å²) >= 11 is 12.5. The summed E-state index contributed by atoms with van der Waals surface area (Å²) in [5.74, 6) is 0.514. The Morgan fingerprint density at radius 1 is 1.19 bits per heavy atom. The van der Waals surface area contributed by atoms with Crippen molar-refractivity contribution in [2.24, 2.45) is 5.92 Å². The highest BCUT2D eigenvalue weighted by Crippen LogP contribution is 2.45. The van der Waals surface area contributed by atoms with Gasteiger partial charge in [-0.2, -0.15) is 0 Å². The van der Waals surface area contributed by atoms with Gasteiger partial charge in [-0.15, -0.1) is 0 Å². The van der Waals surface area contributed by atoms with E-state index in [-0.39, 0.29) is 23.0 Å². The van der Waals surface area contributed by atoms with Crippen LogP contribution in [0.3, 0.4) is 0 Å². The van der Waals surface area contributed by atoms with Crippen LogP contribution in [0.2, 0.25) is 10.0 Å². The number of benzene rings is 2. The topological polar surface area (TPSA) is 52.6 Å². The molecular formula is C19H19Cl2O4S. The molecule has 4 nitrogen and oxygen atoms in total. The molecule has 0 saturated carbocycles. The third-order valence-electron chi connectivity index (χ3n) is 4.63. The average molecular weight is 414 g/mol. The van der Waals surface area contributed by atoms with Gasteiger partial charge in [0.25, 0.3) is 0 Å². The number of hydrogen-bond donors (Lipinski definition) is 0. The summed E-state index contributed by atoms with van der Waals surface area (Å²) in [7, 11) is -1.65. The van der Waals surface area contributed by atoms with Gasteiger partial charge >= 0.3 is 0 Å². The molecule has 139 valence electrons. The summed E-state index contributed by atoms with van der Waals surface area (Å²) in [6, 6.07) is 9.90. The van der Waals surface area contributed by atoms with Crippen LogP contribution in [0.4, 0.5) is 0 Å². The molecule has 0 aliphatic heterocycles. The molecule has 1 radical (unpaired) electrons. The summed E-state index contributed by atoms with van der Waals surface area (Å²) in [6.45, 7) is 4.05. The van der Waals surface area contributed by atoms with Gasteiger partial charge in [-0.1, -0.05) is 23.2 Å². The van der Waals surface area contributed by atoms with Crippen molar-refractivity contribution in [3.05, 3.63) is 64.5 Å². The predicted octanol–water partition coefficient (Wildman–Crippen LogP) is 4.54. The van der Waals surface area contributed by atoms with Gasteiger partial charge in [-0.05, 0) is 60.9 Å². The van der Waals surface area contributed by atoms with Gasteiger partial charge in [-0.3, -0.25) is 0 Å². The monoisotopic (exact) mass is 413 g/mol. The number of ether oxygens (including phenoxy) is 2. The molecular weight excluding hydrogens is 395 g/mol. The van der Waals surface area contributed by atoms with Gasteiger partial charge in [0.2, 0.25) is 0 Å². The van der Waals surface area contributed by atoms with E-state index in [1.165, 1.54) is 18.4 Å². The second kappa shape index (κ2) is 7.39. The van der Waals surface area contributed by atoms with E-state index in [9.17, 15) is 8.42 Å². The summed E-state index contributed by atoms with van der Waals surface area (Å²) in [5.41, 5.74) is 1.88. The zero-order valence-electron chi connectivity index (χ0n) is 14.4. The lowest BCUT2D eigenvalue weighted by Crippen LogP contribution is -2.26. The van der Waals surface area contributed by atoms with Crippen LogP contribution in [0.25, 0.3) is 0 Å². The molecule has 0 unspecified atom stereocenters. The molecule has 0 N–H and O–H groups in total. The molecule has 2 aromatic carbocycles. The SMILES string of the molecule is [CH2][C@H](OC)[C@@H]1Cc2c(Cl)cc(Cl)cc2[C@H]1Oc1ccc(S(C)(=O)=O)cc1. The normalized spacial score (nSPS) is 20.7. The minimum Gasteiger partial charge on any atom is -0.485 e. The molecule has 3 rings (SSSR count). The lowest BCUT2D eigenvalue weighted by Gasteiger charge is -2.26. The highest BCUT2D eigenvalue weighted by atomic mass is 35.5. The van der Waals surface area contributed by atoms with Crippen LogP contribution in [0, 0.1) is 12.8 Å². The first-order valence-corrected chi connectivity index (χ1v) is 10.7. The van der Waals surface area contributed by atoms with Crippen molar-refractivity contribution in [3.8, 4) is 5.75 Å². The molecule has 7 heteroatoms. The Labute approximate surface area is 163 Å². The minimum atomic E-state index is -3.26. The standard InChI is InChI=1S/C19H19Cl2O4S/c1-11(24-2)15-10-16-17(8-12(20)9-18(16)21)19(15)25-13-4-6-14(7-5-13)26(3,22)23/h4-9,11,15,19H,1,10H2,2-3H3/t11-,15-,19-/m0/s1. The summed E-state index contributed by atoms with van der Waals surface area (Å²) in [6.07, 6.45) is 1.20. The molecule has 1 aliphatic rings. The molecule has 0 bridgehead atoms. The largest absolute Gasteiger partial charge is 0.485 e. The van der Waals surface area contributed by atoms with Crippen LogP contribution < -0.4 is 4.74 Å².